The smallest absolute Gasteiger partial charge is 0.173 e. The fraction of sp³-hybridized carbons (Fsp3) is 0.562. The van der Waals surface area contributed by atoms with Gasteiger partial charge in [-0.3, -0.25) is 0 Å². The van der Waals surface area contributed by atoms with Crippen LogP contribution in [0, 0.1) is 5.92 Å². The number of ether oxygens (including phenoxy) is 2. The monoisotopic (exact) mass is 292 g/mol. The SMILES string of the molecule is COc1ccc(COCC2CCCCC2)cc1C(N)=NO. The summed E-state index contributed by atoms with van der Waals surface area (Å²) < 4.78 is 11.0. The minimum absolute atomic E-state index is 0.0426. The fourth-order valence-corrected chi connectivity index (χ4v) is 2.80. The molecule has 5 heteroatoms. The standard InChI is InChI=1S/C16H24N2O3/c1-20-15-8-7-13(9-14(15)16(17)18-19)11-21-10-12-5-3-2-4-6-12/h7-9,12,19H,2-6,10-11H2,1H3,(H2,17,18). The molecule has 5 nitrogen and oxygen atoms in total. The summed E-state index contributed by atoms with van der Waals surface area (Å²) >= 11 is 0. The lowest BCUT2D eigenvalue weighted by molar-refractivity contribution is 0.0739. The van der Waals surface area contributed by atoms with E-state index in [0.29, 0.717) is 23.8 Å². The summed E-state index contributed by atoms with van der Waals surface area (Å²) in [7, 11) is 1.56. The molecule has 1 aromatic rings. The minimum Gasteiger partial charge on any atom is -0.496 e. The number of methoxy groups -OCH3 is 1. The van der Waals surface area contributed by atoms with E-state index in [1.165, 1.54) is 32.1 Å². The molecule has 0 spiro atoms. The van der Waals surface area contributed by atoms with E-state index in [2.05, 4.69) is 5.16 Å². The first-order chi connectivity index (χ1) is 10.2. The highest BCUT2D eigenvalue weighted by atomic mass is 16.5. The van der Waals surface area contributed by atoms with Gasteiger partial charge in [0, 0.05) is 6.61 Å². The van der Waals surface area contributed by atoms with Crippen molar-refractivity contribution in [2.75, 3.05) is 13.7 Å². The van der Waals surface area contributed by atoms with Gasteiger partial charge in [-0.2, -0.15) is 0 Å². The molecule has 0 radical (unpaired) electrons. The van der Waals surface area contributed by atoms with E-state index >= 15 is 0 Å². The van der Waals surface area contributed by atoms with Crippen molar-refractivity contribution in [1.82, 2.24) is 0 Å². The number of rotatable bonds is 6. The van der Waals surface area contributed by atoms with Gasteiger partial charge in [0.1, 0.15) is 5.75 Å². The van der Waals surface area contributed by atoms with E-state index < -0.39 is 0 Å². The fourth-order valence-electron chi connectivity index (χ4n) is 2.80. The van der Waals surface area contributed by atoms with Crippen molar-refractivity contribution in [2.24, 2.45) is 16.8 Å². The number of nitrogens with two attached hydrogens (primary N) is 1. The van der Waals surface area contributed by atoms with Crippen LogP contribution in [0.3, 0.4) is 0 Å². The first kappa shape index (κ1) is 15.6. The van der Waals surface area contributed by atoms with Crippen molar-refractivity contribution in [3.63, 3.8) is 0 Å². The largest absolute Gasteiger partial charge is 0.496 e. The number of hydrogen-bond donors (Lipinski definition) is 2. The molecule has 1 saturated carbocycles. The van der Waals surface area contributed by atoms with Crippen LogP contribution in [0.2, 0.25) is 0 Å². The summed E-state index contributed by atoms with van der Waals surface area (Å²) in [5.41, 5.74) is 7.24. The van der Waals surface area contributed by atoms with Gasteiger partial charge in [-0.1, -0.05) is 30.5 Å². The average Bonchev–Trinajstić information content (AvgIpc) is 2.55. The third-order valence-electron chi connectivity index (χ3n) is 3.99. The maximum atomic E-state index is 8.82. The first-order valence-corrected chi connectivity index (χ1v) is 7.47. The molecule has 1 fully saturated rings. The van der Waals surface area contributed by atoms with Crippen LogP contribution in [0.4, 0.5) is 0 Å². The summed E-state index contributed by atoms with van der Waals surface area (Å²) in [6.07, 6.45) is 6.56. The van der Waals surface area contributed by atoms with E-state index in [4.69, 9.17) is 20.4 Å². The highest BCUT2D eigenvalue weighted by molar-refractivity contribution is 5.99. The molecule has 0 aliphatic heterocycles. The Morgan fingerprint density at radius 3 is 2.76 bits per heavy atom. The quantitative estimate of drug-likeness (QED) is 0.366. The van der Waals surface area contributed by atoms with Crippen LogP contribution >= 0.6 is 0 Å². The van der Waals surface area contributed by atoms with Crippen LogP contribution in [-0.2, 0) is 11.3 Å². The summed E-state index contributed by atoms with van der Waals surface area (Å²) in [6.45, 7) is 1.34. The van der Waals surface area contributed by atoms with E-state index in [0.717, 1.165) is 12.2 Å². The number of nitrogens with zero attached hydrogens (tertiary/aromatic N) is 1. The molecule has 0 bridgehead atoms. The van der Waals surface area contributed by atoms with E-state index in [-0.39, 0.29) is 5.84 Å². The maximum Gasteiger partial charge on any atom is 0.173 e. The molecular formula is C16H24N2O3. The lowest BCUT2D eigenvalue weighted by Crippen LogP contribution is -2.15. The highest BCUT2D eigenvalue weighted by Crippen LogP contribution is 2.24. The molecule has 0 amide bonds. The molecule has 0 atom stereocenters. The maximum absolute atomic E-state index is 8.82. The second-order valence-electron chi connectivity index (χ2n) is 5.54. The first-order valence-electron chi connectivity index (χ1n) is 7.47. The molecule has 21 heavy (non-hydrogen) atoms. The van der Waals surface area contributed by atoms with Crippen LogP contribution < -0.4 is 10.5 Å². The lowest BCUT2D eigenvalue weighted by atomic mass is 9.90. The highest BCUT2D eigenvalue weighted by Gasteiger charge is 2.14. The Bertz CT molecular complexity index is 482. The average molecular weight is 292 g/mol. The Morgan fingerprint density at radius 2 is 2.10 bits per heavy atom. The summed E-state index contributed by atoms with van der Waals surface area (Å²) in [5, 5.41) is 11.9. The van der Waals surface area contributed by atoms with Crippen molar-refractivity contribution < 1.29 is 14.7 Å². The lowest BCUT2D eigenvalue weighted by Gasteiger charge is -2.21. The van der Waals surface area contributed by atoms with Crippen LogP contribution in [-0.4, -0.2) is 24.8 Å². The summed E-state index contributed by atoms with van der Waals surface area (Å²) in [4.78, 5) is 0. The van der Waals surface area contributed by atoms with Gasteiger partial charge < -0.3 is 20.4 Å². The molecule has 3 N–H and O–H groups in total. The Morgan fingerprint density at radius 1 is 1.33 bits per heavy atom. The van der Waals surface area contributed by atoms with Crippen molar-refractivity contribution in [3.05, 3.63) is 29.3 Å². The zero-order valence-corrected chi connectivity index (χ0v) is 12.5. The van der Waals surface area contributed by atoms with Crippen LogP contribution in [0.5, 0.6) is 5.75 Å². The Balaban J connectivity index is 1.93. The van der Waals surface area contributed by atoms with Crippen LogP contribution in [0.1, 0.15) is 43.2 Å². The second-order valence-corrected chi connectivity index (χ2v) is 5.54. The van der Waals surface area contributed by atoms with Crippen LogP contribution in [0.25, 0.3) is 0 Å². The minimum atomic E-state index is 0.0426. The van der Waals surface area contributed by atoms with Gasteiger partial charge in [0.2, 0.25) is 0 Å². The predicted molar refractivity (Wildman–Crippen MR) is 81.7 cm³/mol. The molecule has 1 aromatic carbocycles. The predicted octanol–water partition coefficient (Wildman–Crippen LogP) is 2.89. The molecule has 116 valence electrons. The number of hydrogen-bond acceptors (Lipinski definition) is 4. The number of oxime groups is 1. The topological polar surface area (TPSA) is 77.1 Å². The van der Waals surface area contributed by atoms with E-state index in [9.17, 15) is 0 Å². The third-order valence-corrected chi connectivity index (χ3v) is 3.99. The molecule has 1 aliphatic carbocycles. The molecular weight excluding hydrogens is 268 g/mol. The van der Waals surface area contributed by atoms with E-state index in [1.54, 1.807) is 7.11 Å². The molecule has 0 heterocycles. The van der Waals surface area contributed by atoms with Gasteiger partial charge in [-0.25, -0.2) is 0 Å². The Hall–Kier alpha value is -1.75. The van der Waals surface area contributed by atoms with Crippen molar-refractivity contribution >= 4 is 5.84 Å². The Kier molecular flexibility index (Phi) is 5.87. The van der Waals surface area contributed by atoms with Gasteiger partial charge >= 0.3 is 0 Å². The third kappa shape index (κ3) is 4.36. The summed E-state index contributed by atoms with van der Waals surface area (Å²) in [6, 6.07) is 5.59. The van der Waals surface area contributed by atoms with Gasteiger partial charge in [-0.15, -0.1) is 0 Å². The van der Waals surface area contributed by atoms with Gasteiger partial charge in [0.05, 0.1) is 19.3 Å². The second kappa shape index (κ2) is 7.88. The summed E-state index contributed by atoms with van der Waals surface area (Å²) in [5.74, 6) is 1.32. The Labute approximate surface area is 125 Å². The van der Waals surface area contributed by atoms with Gasteiger partial charge in [0.15, 0.2) is 5.84 Å². The zero-order valence-electron chi connectivity index (χ0n) is 12.5. The van der Waals surface area contributed by atoms with Crippen molar-refractivity contribution in [3.8, 4) is 5.75 Å². The number of amidine groups is 1. The molecule has 0 aromatic heterocycles. The zero-order chi connectivity index (χ0) is 15.1. The normalized spacial score (nSPS) is 16.9. The molecule has 0 unspecified atom stereocenters. The molecule has 0 saturated heterocycles. The molecule has 1 aliphatic rings. The van der Waals surface area contributed by atoms with Crippen LogP contribution in [0.15, 0.2) is 23.4 Å². The van der Waals surface area contributed by atoms with Gasteiger partial charge in [-0.05, 0) is 36.5 Å². The molecule has 2 rings (SSSR count). The van der Waals surface area contributed by atoms with E-state index in [1.807, 2.05) is 18.2 Å². The van der Waals surface area contributed by atoms with Gasteiger partial charge in [0.25, 0.3) is 0 Å². The van der Waals surface area contributed by atoms with Crippen molar-refractivity contribution in [1.29, 1.82) is 0 Å². The number of benzene rings is 1. The van der Waals surface area contributed by atoms with Crippen molar-refractivity contribution in [2.45, 2.75) is 38.7 Å².